The van der Waals surface area contributed by atoms with Gasteiger partial charge in [0.1, 0.15) is 0 Å². The van der Waals surface area contributed by atoms with E-state index in [-0.39, 0.29) is 0 Å². The van der Waals surface area contributed by atoms with E-state index in [0.29, 0.717) is 12.1 Å². The lowest BCUT2D eigenvalue weighted by molar-refractivity contribution is 0.101. The summed E-state index contributed by atoms with van der Waals surface area (Å²) in [5, 5.41) is 0. The zero-order valence-corrected chi connectivity index (χ0v) is 10.3. The normalized spacial score (nSPS) is 34.4. The Kier molecular flexibility index (Phi) is 3.65. The molecular formula is C12H24N2O. The van der Waals surface area contributed by atoms with Crippen LogP contribution in [0.1, 0.15) is 26.7 Å². The zero-order valence-electron chi connectivity index (χ0n) is 10.3. The van der Waals surface area contributed by atoms with E-state index in [0.717, 1.165) is 12.6 Å². The second-order valence-electron chi connectivity index (χ2n) is 5.17. The third-order valence-electron chi connectivity index (χ3n) is 3.95. The molecule has 0 aromatic heterocycles. The summed E-state index contributed by atoms with van der Waals surface area (Å²) in [4.78, 5) is 5.21. The van der Waals surface area contributed by atoms with Crippen LogP contribution in [0.2, 0.25) is 0 Å². The zero-order chi connectivity index (χ0) is 10.8. The highest BCUT2D eigenvalue weighted by Crippen LogP contribution is 2.22. The Labute approximate surface area is 93.4 Å². The number of rotatable bonds is 3. The van der Waals surface area contributed by atoms with Gasteiger partial charge in [0.15, 0.2) is 0 Å². The summed E-state index contributed by atoms with van der Waals surface area (Å²) in [6.45, 7) is 9.50. The minimum Gasteiger partial charge on any atom is -0.380 e. The van der Waals surface area contributed by atoms with Crippen LogP contribution in [0.25, 0.3) is 0 Å². The van der Waals surface area contributed by atoms with Crippen LogP contribution in [0.3, 0.4) is 0 Å². The quantitative estimate of drug-likeness (QED) is 0.699. The lowest BCUT2D eigenvalue weighted by Gasteiger charge is -2.25. The first-order valence-electron chi connectivity index (χ1n) is 6.21. The summed E-state index contributed by atoms with van der Waals surface area (Å²) in [7, 11) is 1.84. The molecule has 3 nitrogen and oxygen atoms in total. The fourth-order valence-corrected chi connectivity index (χ4v) is 2.81. The standard InChI is InChI=1S/C12H24N2O/c1-10(2)13-6-4-11(8-13)14-7-5-12(9-14)15-3/h10-12H,4-9H2,1-3H3/t11-,12-/m1/s1. The molecular weight excluding hydrogens is 188 g/mol. The largest absolute Gasteiger partial charge is 0.380 e. The Hall–Kier alpha value is -0.120. The third kappa shape index (κ3) is 2.52. The van der Waals surface area contributed by atoms with E-state index in [1.54, 1.807) is 0 Å². The molecule has 0 spiro atoms. The van der Waals surface area contributed by atoms with Gasteiger partial charge >= 0.3 is 0 Å². The number of hydrogen-bond donors (Lipinski definition) is 0. The highest BCUT2D eigenvalue weighted by molar-refractivity contribution is 4.89. The molecule has 0 aromatic rings. The minimum absolute atomic E-state index is 0.484. The molecule has 2 atom stereocenters. The third-order valence-corrected chi connectivity index (χ3v) is 3.95. The Morgan fingerprint density at radius 2 is 1.93 bits per heavy atom. The molecule has 0 saturated carbocycles. The van der Waals surface area contributed by atoms with E-state index in [2.05, 4.69) is 23.6 Å². The summed E-state index contributed by atoms with van der Waals surface area (Å²) in [6, 6.07) is 1.49. The molecule has 2 fully saturated rings. The Morgan fingerprint density at radius 1 is 1.13 bits per heavy atom. The maximum absolute atomic E-state index is 5.42. The van der Waals surface area contributed by atoms with Gasteiger partial charge in [0.25, 0.3) is 0 Å². The van der Waals surface area contributed by atoms with Gasteiger partial charge in [-0.2, -0.15) is 0 Å². The maximum Gasteiger partial charge on any atom is 0.0710 e. The molecule has 88 valence electrons. The van der Waals surface area contributed by atoms with Crippen molar-refractivity contribution in [1.29, 1.82) is 0 Å². The van der Waals surface area contributed by atoms with E-state index in [9.17, 15) is 0 Å². The molecule has 2 aliphatic heterocycles. The molecule has 0 aliphatic carbocycles. The van der Waals surface area contributed by atoms with E-state index < -0.39 is 0 Å². The van der Waals surface area contributed by atoms with Crippen LogP contribution >= 0.6 is 0 Å². The van der Waals surface area contributed by atoms with Crippen molar-refractivity contribution in [1.82, 2.24) is 9.80 Å². The van der Waals surface area contributed by atoms with Gasteiger partial charge in [-0.3, -0.25) is 9.80 Å². The first kappa shape index (κ1) is 11.4. The SMILES string of the molecule is CO[C@@H]1CCN([C@@H]2CCN(C(C)C)C2)C1. The van der Waals surface area contributed by atoms with Gasteiger partial charge in [-0.05, 0) is 26.7 Å². The summed E-state index contributed by atoms with van der Waals surface area (Å²) in [6.07, 6.45) is 3.04. The summed E-state index contributed by atoms with van der Waals surface area (Å²) in [5.41, 5.74) is 0. The molecule has 3 heteroatoms. The van der Waals surface area contributed by atoms with Gasteiger partial charge in [0.2, 0.25) is 0 Å². The predicted octanol–water partition coefficient (Wildman–Crippen LogP) is 1.19. The van der Waals surface area contributed by atoms with Gasteiger partial charge < -0.3 is 4.74 Å². The van der Waals surface area contributed by atoms with Gasteiger partial charge in [0, 0.05) is 45.4 Å². The van der Waals surface area contributed by atoms with Gasteiger partial charge in [-0.15, -0.1) is 0 Å². The average Bonchev–Trinajstić information content (AvgIpc) is 2.86. The molecule has 2 rings (SSSR count). The molecule has 2 aliphatic rings. The lowest BCUT2D eigenvalue weighted by Crippen LogP contribution is -2.38. The van der Waals surface area contributed by atoms with Crippen molar-refractivity contribution in [3.63, 3.8) is 0 Å². The van der Waals surface area contributed by atoms with Crippen LogP contribution in [0, 0.1) is 0 Å². The van der Waals surface area contributed by atoms with E-state index in [1.807, 2.05) is 7.11 Å². The van der Waals surface area contributed by atoms with Crippen molar-refractivity contribution >= 4 is 0 Å². The van der Waals surface area contributed by atoms with Crippen LogP contribution in [-0.2, 0) is 4.74 Å². The number of ether oxygens (including phenoxy) is 1. The van der Waals surface area contributed by atoms with Gasteiger partial charge in [-0.25, -0.2) is 0 Å². The summed E-state index contributed by atoms with van der Waals surface area (Å²) < 4.78 is 5.42. The Balaban J connectivity index is 1.81. The smallest absolute Gasteiger partial charge is 0.0710 e. The molecule has 0 bridgehead atoms. The van der Waals surface area contributed by atoms with E-state index in [4.69, 9.17) is 4.74 Å². The van der Waals surface area contributed by atoms with Crippen LogP contribution in [0.15, 0.2) is 0 Å². The molecule has 0 amide bonds. The molecule has 0 aromatic carbocycles. The first-order chi connectivity index (χ1) is 7.20. The Morgan fingerprint density at radius 3 is 2.47 bits per heavy atom. The Bertz CT molecular complexity index is 208. The van der Waals surface area contributed by atoms with Crippen LogP contribution < -0.4 is 0 Å². The molecule has 0 radical (unpaired) electrons. The van der Waals surface area contributed by atoms with Crippen molar-refractivity contribution in [2.75, 3.05) is 33.3 Å². The number of likely N-dealkylation sites (tertiary alicyclic amines) is 2. The molecule has 0 N–H and O–H groups in total. The van der Waals surface area contributed by atoms with Crippen molar-refractivity contribution in [3.05, 3.63) is 0 Å². The van der Waals surface area contributed by atoms with Crippen LogP contribution in [0.4, 0.5) is 0 Å². The second-order valence-corrected chi connectivity index (χ2v) is 5.17. The van der Waals surface area contributed by atoms with Crippen molar-refractivity contribution in [2.24, 2.45) is 0 Å². The number of methoxy groups -OCH3 is 1. The highest BCUT2D eigenvalue weighted by atomic mass is 16.5. The fraction of sp³-hybridized carbons (Fsp3) is 1.00. The summed E-state index contributed by atoms with van der Waals surface area (Å²) >= 11 is 0. The fourth-order valence-electron chi connectivity index (χ4n) is 2.81. The molecule has 0 unspecified atom stereocenters. The predicted molar refractivity (Wildman–Crippen MR) is 62.1 cm³/mol. The average molecular weight is 212 g/mol. The van der Waals surface area contributed by atoms with E-state index >= 15 is 0 Å². The topological polar surface area (TPSA) is 15.7 Å². The summed E-state index contributed by atoms with van der Waals surface area (Å²) in [5.74, 6) is 0. The molecule has 2 saturated heterocycles. The van der Waals surface area contributed by atoms with Crippen molar-refractivity contribution in [2.45, 2.75) is 44.9 Å². The number of hydrogen-bond acceptors (Lipinski definition) is 3. The molecule has 2 heterocycles. The first-order valence-corrected chi connectivity index (χ1v) is 6.21. The number of nitrogens with zero attached hydrogens (tertiary/aromatic N) is 2. The van der Waals surface area contributed by atoms with Crippen molar-refractivity contribution < 1.29 is 4.74 Å². The highest BCUT2D eigenvalue weighted by Gasteiger charge is 2.33. The molecule has 15 heavy (non-hydrogen) atoms. The monoisotopic (exact) mass is 212 g/mol. The van der Waals surface area contributed by atoms with Crippen LogP contribution in [-0.4, -0.2) is 61.3 Å². The van der Waals surface area contributed by atoms with Gasteiger partial charge in [0.05, 0.1) is 6.10 Å². The van der Waals surface area contributed by atoms with Crippen molar-refractivity contribution in [3.8, 4) is 0 Å². The van der Waals surface area contributed by atoms with Gasteiger partial charge in [-0.1, -0.05) is 0 Å². The minimum atomic E-state index is 0.484. The maximum atomic E-state index is 5.42. The van der Waals surface area contributed by atoms with Crippen LogP contribution in [0.5, 0.6) is 0 Å². The second kappa shape index (κ2) is 4.81. The lowest BCUT2D eigenvalue weighted by atomic mass is 10.2. The van der Waals surface area contributed by atoms with E-state index in [1.165, 1.54) is 32.5 Å².